The Balaban J connectivity index is 1.78. The Morgan fingerprint density at radius 1 is 1.20 bits per heavy atom. The number of carbonyl (C=O) groups excluding carboxylic acids is 2. The van der Waals surface area contributed by atoms with Crippen molar-refractivity contribution in [2.24, 2.45) is 0 Å². The van der Waals surface area contributed by atoms with E-state index >= 15 is 0 Å². The van der Waals surface area contributed by atoms with E-state index in [1.165, 1.54) is 26.4 Å². The summed E-state index contributed by atoms with van der Waals surface area (Å²) in [4.78, 5) is 24.2. The summed E-state index contributed by atoms with van der Waals surface area (Å²) in [5, 5.41) is 9.42. The van der Waals surface area contributed by atoms with Crippen molar-refractivity contribution in [2.45, 2.75) is 6.23 Å². The molecule has 25 heavy (non-hydrogen) atoms. The zero-order valence-electron chi connectivity index (χ0n) is 13.5. The highest BCUT2D eigenvalue weighted by Gasteiger charge is 2.36. The van der Waals surface area contributed by atoms with Crippen LogP contribution in [0.1, 0.15) is 32.5 Å². The number of hydrogen-bond donors (Lipinski definition) is 3. The molecule has 0 aromatic heterocycles. The number of phenolic OH excluding ortho intramolecular Hbond substituents is 1. The Bertz CT molecular complexity index is 836. The molecule has 0 saturated heterocycles. The van der Waals surface area contributed by atoms with Crippen LogP contribution in [0.15, 0.2) is 36.4 Å². The van der Waals surface area contributed by atoms with Gasteiger partial charge in [-0.3, -0.25) is 10.2 Å². The highest BCUT2D eigenvalue weighted by Crippen LogP contribution is 2.40. The van der Waals surface area contributed by atoms with E-state index in [0.29, 0.717) is 11.3 Å². The van der Waals surface area contributed by atoms with E-state index in [-0.39, 0.29) is 22.6 Å². The summed E-state index contributed by atoms with van der Waals surface area (Å²) in [6.45, 7) is 0. The molecular weight excluding hydrogens is 328 g/mol. The second-order valence-electron chi connectivity index (χ2n) is 5.20. The first-order valence-corrected chi connectivity index (χ1v) is 7.36. The van der Waals surface area contributed by atoms with Gasteiger partial charge in [-0.05, 0) is 30.3 Å². The fraction of sp³-hybridized carbons (Fsp3) is 0.176. The molecule has 0 fully saturated rings. The Labute approximate surface area is 143 Å². The highest BCUT2D eigenvalue weighted by atomic mass is 16.6. The van der Waals surface area contributed by atoms with Gasteiger partial charge in [0.2, 0.25) is 0 Å². The van der Waals surface area contributed by atoms with Gasteiger partial charge in [0.15, 0.2) is 17.7 Å². The summed E-state index contributed by atoms with van der Waals surface area (Å²) in [7, 11) is 2.89. The van der Waals surface area contributed by atoms with Gasteiger partial charge in [-0.15, -0.1) is 0 Å². The standard InChI is InChI=1S/C17H16N2O6/c1-23-12-7-6-11-13(14(12)24-2)17(22)25-16(11)19-18-15(21)9-4-3-5-10(20)8-9/h3-8,16,19-20H,1-2H3,(H,18,21)/t16-/m0/s1. The average molecular weight is 344 g/mol. The van der Waals surface area contributed by atoms with Gasteiger partial charge < -0.3 is 19.3 Å². The van der Waals surface area contributed by atoms with Crippen molar-refractivity contribution >= 4 is 11.9 Å². The number of nitrogens with one attached hydrogen (secondary N) is 2. The van der Waals surface area contributed by atoms with Gasteiger partial charge in [-0.1, -0.05) is 6.07 Å². The van der Waals surface area contributed by atoms with E-state index in [1.54, 1.807) is 24.3 Å². The average Bonchev–Trinajstić information content (AvgIpc) is 2.94. The number of benzene rings is 2. The molecule has 1 atom stereocenters. The van der Waals surface area contributed by atoms with Crippen molar-refractivity contribution in [2.75, 3.05) is 14.2 Å². The van der Waals surface area contributed by atoms with Crippen LogP contribution in [-0.4, -0.2) is 31.2 Å². The number of rotatable bonds is 5. The number of fused-ring (bicyclic) bond motifs is 1. The molecule has 1 aliphatic rings. The van der Waals surface area contributed by atoms with Crippen LogP contribution in [-0.2, 0) is 4.74 Å². The van der Waals surface area contributed by atoms with Gasteiger partial charge in [0.05, 0.1) is 14.2 Å². The van der Waals surface area contributed by atoms with Crippen LogP contribution in [0.25, 0.3) is 0 Å². The number of cyclic esters (lactones) is 1. The minimum absolute atomic E-state index is 0.0258. The monoisotopic (exact) mass is 344 g/mol. The molecule has 3 N–H and O–H groups in total. The molecule has 1 amide bonds. The van der Waals surface area contributed by atoms with Gasteiger partial charge in [0.25, 0.3) is 5.91 Å². The van der Waals surface area contributed by atoms with Crippen LogP contribution >= 0.6 is 0 Å². The summed E-state index contributed by atoms with van der Waals surface area (Å²) < 4.78 is 15.6. The first kappa shape index (κ1) is 16.6. The molecule has 8 nitrogen and oxygen atoms in total. The number of hydrazine groups is 1. The largest absolute Gasteiger partial charge is 0.508 e. The number of hydrogen-bond acceptors (Lipinski definition) is 7. The molecule has 8 heteroatoms. The van der Waals surface area contributed by atoms with Crippen molar-refractivity contribution in [1.82, 2.24) is 10.9 Å². The topological polar surface area (TPSA) is 106 Å². The second kappa shape index (κ2) is 6.70. The normalized spacial score (nSPS) is 15.3. The van der Waals surface area contributed by atoms with Gasteiger partial charge >= 0.3 is 5.97 Å². The maximum atomic E-state index is 12.1. The third-order valence-corrected chi connectivity index (χ3v) is 3.71. The number of methoxy groups -OCH3 is 2. The minimum Gasteiger partial charge on any atom is -0.508 e. The number of ether oxygens (including phenoxy) is 3. The van der Waals surface area contributed by atoms with Crippen molar-refractivity contribution in [1.29, 1.82) is 0 Å². The zero-order chi connectivity index (χ0) is 18.0. The summed E-state index contributed by atoms with van der Waals surface area (Å²) in [6.07, 6.45) is -0.872. The van der Waals surface area contributed by atoms with Crippen LogP contribution in [0.3, 0.4) is 0 Å². The summed E-state index contributed by atoms with van der Waals surface area (Å²) >= 11 is 0. The lowest BCUT2D eigenvalue weighted by Gasteiger charge is -2.14. The van der Waals surface area contributed by atoms with Crippen LogP contribution in [0, 0.1) is 0 Å². The van der Waals surface area contributed by atoms with Crippen molar-refractivity contribution in [3.8, 4) is 17.2 Å². The van der Waals surface area contributed by atoms with E-state index in [4.69, 9.17) is 14.2 Å². The van der Waals surface area contributed by atoms with Gasteiger partial charge in [0.1, 0.15) is 11.3 Å². The summed E-state index contributed by atoms with van der Waals surface area (Å²) in [6, 6.07) is 9.16. The van der Waals surface area contributed by atoms with Gasteiger partial charge in [0, 0.05) is 11.1 Å². The minimum atomic E-state index is -0.872. The number of carbonyl (C=O) groups is 2. The third kappa shape index (κ3) is 3.07. The molecule has 0 radical (unpaired) electrons. The molecule has 2 aromatic rings. The number of esters is 1. The van der Waals surface area contributed by atoms with E-state index in [1.807, 2.05) is 0 Å². The van der Waals surface area contributed by atoms with E-state index in [9.17, 15) is 14.7 Å². The van der Waals surface area contributed by atoms with Crippen LogP contribution in [0.5, 0.6) is 17.2 Å². The predicted octanol–water partition coefficient (Wildman–Crippen LogP) is 1.51. The van der Waals surface area contributed by atoms with E-state index in [0.717, 1.165) is 0 Å². The van der Waals surface area contributed by atoms with E-state index < -0.39 is 18.1 Å². The zero-order valence-corrected chi connectivity index (χ0v) is 13.5. The molecule has 3 rings (SSSR count). The third-order valence-electron chi connectivity index (χ3n) is 3.71. The Hall–Kier alpha value is -3.26. The number of aromatic hydroxyl groups is 1. The van der Waals surface area contributed by atoms with Gasteiger partial charge in [-0.2, -0.15) is 5.43 Å². The lowest BCUT2D eigenvalue weighted by Crippen LogP contribution is -2.40. The maximum Gasteiger partial charge on any atom is 0.344 e. The lowest BCUT2D eigenvalue weighted by atomic mass is 10.1. The number of phenols is 1. The first-order chi connectivity index (χ1) is 12.0. The smallest absolute Gasteiger partial charge is 0.344 e. The molecule has 130 valence electrons. The molecule has 1 heterocycles. The lowest BCUT2D eigenvalue weighted by molar-refractivity contribution is 0.0260. The highest BCUT2D eigenvalue weighted by molar-refractivity contribution is 5.98. The number of amides is 1. The molecule has 0 aliphatic carbocycles. The van der Waals surface area contributed by atoms with Crippen molar-refractivity contribution < 1.29 is 28.9 Å². The molecule has 0 saturated carbocycles. The van der Waals surface area contributed by atoms with Crippen LogP contribution < -0.4 is 20.3 Å². The fourth-order valence-electron chi connectivity index (χ4n) is 2.56. The van der Waals surface area contributed by atoms with Crippen LogP contribution in [0.2, 0.25) is 0 Å². The summed E-state index contributed by atoms with van der Waals surface area (Å²) in [5.74, 6) is -0.422. The fourth-order valence-corrected chi connectivity index (χ4v) is 2.56. The Morgan fingerprint density at radius 3 is 2.68 bits per heavy atom. The van der Waals surface area contributed by atoms with Crippen molar-refractivity contribution in [3.63, 3.8) is 0 Å². The maximum absolute atomic E-state index is 12.1. The molecule has 0 bridgehead atoms. The van der Waals surface area contributed by atoms with Crippen molar-refractivity contribution in [3.05, 3.63) is 53.1 Å². The Kier molecular flexibility index (Phi) is 4.44. The molecule has 0 spiro atoms. The van der Waals surface area contributed by atoms with Gasteiger partial charge in [-0.25, -0.2) is 4.79 Å². The summed E-state index contributed by atoms with van der Waals surface area (Å²) in [5.41, 5.74) is 6.11. The van der Waals surface area contributed by atoms with E-state index in [2.05, 4.69) is 10.9 Å². The molecule has 0 unspecified atom stereocenters. The predicted molar refractivity (Wildman–Crippen MR) is 86.4 cm³/mol. The molecule has 2 aromatic carbocycles. The second-order valence-corrected chi connectivity index (χ2v) is 5.20. The van der Waals surface area contributed by atoms with Crippen LogP contribution in [0.4, 0.5) is 0 Å². The first-order valence-electron chi connectivity index (χ1n) is 7.36. The Morgan fingerprint density at radius 2 is 2.00 bits per heavy atom. The molecular formula is C17H16N2O6. The quantitative estimate of drug-likeness (QED) is 0.558. The molecule has 1 aliphatic heterocycles. The SMILES string of the molecule is COc1ccc2c(c1OC)C(=O)O[C@@H]2NNC(=O)c1cccc(O)c1.